The van der Waals surface area contributed by atoms with Crippen molar-refractivity contribution < 1.29 is 4.74 Å². The van der Waals surface area contributed by atoms with Crippen LogP contribution < -0.4 is 0 Å². The van der Waals surface area contributed by atoms with Crippen LogP contribution in [0.25, 0.3) is 0 Å². The zero-order valence-corrected chi connectivity index (χ0v) is 26.7. The van der Waals surface area contributed by atoms with Crippen LogP contribution in [0.4, 0.5) is 0 Å². The Kier molecular flexibility index (Phi) is 10.7. The molecule has 0 aromatic heterocycles. The van der Waals surface area contributed by atoms with E-state index in [1.807, 2.05) is 26.0 Å². The predicted molar refractivity (Wildman–Crippen MR) is 169 cm³/mol. The summed E-state index contributed by atoms with van der Waals surface area (Å²) >= 11 is 52.7. The summed E-state index contributed by atoms with van der Waals surface area (Å²) in [5.74, 6) is -0.632. The maximum absolute atomic E-state index is 7.03. The summed E-state index contributed by atoms with van der Waals surface area (Å²) in [5.41, 5.74) is 2.84. The van der Waals surface area contributed by atoms with E-state index in [0.29, 0.717) is 51.3 Å². The maximum atomic E-state index is 7.03. The Labute approximate surface area is 268 Å². The molecule has 0 spiro atoms. The van der Waals surface area contributed by atoms with Crippen molar-refractivity contribution in [2.45, 2.75) is 37.9 Å². The van der Waals surface area contributed by atoms with E-state index >= 15 is 0 Å². The highest BCUT2D eigenvalue weighted by Gasteiger charge is 2.35. The van der Waals surface area contributed by atoms with Gasteiger partial charge < -0.3 is 4.74 Å². The van der Waals surface area contributed by atoms with E-state index in [9.17, 15) is 0 Å². The zero-order chi connectivity index (χ0) is 28.4. The standard InChI is InChI=1S/C30H22Cl8O/c1-15(19-11-9-17(31)13-25(19)37)29(27-21(33)5-3-6-22(27)34)39-30(28-23(35)7-4-8-24(28)36)16(2)20-12-10-18(32)14-26(20)38/h3-16,29-30H,1-2H3. The first-order chi connectivity index (χ1) is 18.5. The largest absolute Gasteiger partial charge is 0.364 e. The lowest BCUT2D eigenvalue weighted by Crippen LogP contribution is -2.21. The number of ether oxygens (including phenoxy) is 1. The van der Waals surface area contributed by atoms with Gasteiger partial charge in [-0.2, -0.15) is 0 Å². The van der Waals surface area contributed by atoms with Gasteiger partial charge >= 0.3 is 0 Å². The van der Waals surface area contributed by atoms with E-state index in [0.717, 1.165) is 11.1 Å². The quantitative estimate of drug-likeness (QED) is 0.180. The Morgan fingerprint density at radius 2 is 0.795 bits per heavy atom. The van der Waals surface area contributed by atoms with Crippen LogP contribution in [0.15, 0.2) is 72.8 Å². The third-order valence-electron chi connectivity index (χ3n) is 6.68. The van der Waals surface area contributed by atoms with Crippen molar-refractivity contribution >= 4 is 92.8 Å². The molecule has 4 unspecified atom stereocenters. The van der Waals surface area contributed by atoms with Crippen molar-refractivity contribution in [1.29, 1.82) is 0 Å². The van der Waals surface area contributed by atoms with Gasteiger partial charge in [0.1, 0.15) is 0 Å². The second-order valence-electron chi connectivity index (χ2n) is 9.16. The minimum Gasteiger partial charge on any atom is -0.364 e. The smallest absolute Gasteiger partial charge is 0.0928 e. The van der Waals surface area contributed by atoms with Crippen molar-refractivity contribution in [2.24, 2.45) is 0 Å². The normalized spacial score (nSPS) is 14.6. The molecule has 4 aromatic carbocycles. The average molecular weight is 682 g/mol. The highest BCUT2D eigenvalue weighted by molar-refractivity contribution is 6.37. The molecule has 0 aliphatic rings. The Bertz CT molecular complexity index is 1340. The third kappa shape index (κ3) is 6.97. The van der Waals surface area contributed by atoms with Gasteiger partial charge in [0.25, 0.3) is 0 Å². The van der Waals surface area contributed by atoms with Crippen LogP contribution in [0.1, 0.15) is 60.1 Å². The van der Waals surface area contributed by atoms with Crippen molar-refractivity contribution in [3.8, 4) is 0 Å². The van der Waals surface area contributed by atoms with Crippen LogP contribution in [0.3, 0.4) is 0 Å². The molecule has 1 nitrogen and oxygen atoms in total. The van der Waals surface area contributed by atoms with E-state index < -0.39 is 12.2 Å². The Hall–Kier alpha value is -0.840. The minimum absolute atomic E-state index is 0.316. The van der Waals surface area contributed by atoms with Crippen LogP contribution in [0.2, 0.25) is 40.2 Å². The fourth-order valence-corrected chi connectivity index (χ4v) is 7.05. The molecule has 0 bridgehead atoms. The molecule has 204 valence electrons. The van der Waals surface area contributed by atoms with Gasteiger partial charge in [0.2, 0.25) is 0 Å². The van der Waals surface area contributed by atoms with E-state index in [1.54, 1.807) is 60.7 Å². The molecule has 0 fully saturated rings. The lowest BCUT2D eigenvalue weighted by Gasteiger charge is -2.35. The summed E-state index contributed by atoms with van der Waals surface area (Å²) in [6.45, 7) is 3.98. The lowest BCUT2D eigenvalue weighted by molar-refractivity contribution is -0.0386. The number of benzene rings is 4. The molecule has 4 atom stereocenters. The molecule has 0 saturated heterocycles. The highest BCUT2D eigenvalue weighted by atomic mass is 35.5. The molecular weight excluding hydrogens is 660 g/mol. The lowest BCUT2D eigenvalue weighted by atomic mass is 9.87. The predicted octanol–water partition coefficient (Wildman–Crippen LogP) is 13.3. The van der Waals surface area contributed by atoms with E-state index in [2.05, 4.69) is 0 Å². The molecule has 0 amide bonds. The highest BCUT2D eigenvalue weighted by Crippen LogP contribution is 2.50. The molecule has 0 aliphatic carbocycles. The van der Waals surface area contributed by atoms with Crippen LogP contribution in [-0.4, -0.2) is 0 Å². The molecular formula is C30H22Cl8O. The minimum atomic E-state index is -0.671. The average Bonchev–Trinajstić information content (AvgIpc) is 2.86. The fraction of sp³-hybridized carbons (Fsp3) is 0.200. The molecule has 0 radical (unpaired) electrons. The second kappa shape index (κ2) is 13.4. The first-order valence-electron chi connectivity index (χ1n) is 11.9. The molecule has 4 aromatic rings. The Morgan fingerprint density at radius 1 is 0.462 bits per heavy atom. The molecule has 9 heteroatoms. The number of rotatable bonds is 8. The summed E-state index contributed by atoms with van der Waals surface area (Å²) in [6.07, 6.45) is -1.34. The topological polar surface area (TPSA) is 9.23 Å². The van der Waals surface area contributed by atoms with Crippen molar-refractivity contribution in [3.05, 3.63) is 135 Å². The summed E-state index contributed by atoms with van der Waals surface area (Å²) in [4.78, 5) is 0. The summed E-state index contributed by atoms with van der Waals surface area (Å²) < 4.78 is 7.03. The molecule has 4 rings (SSSR count). The maximum Gasteiger partial charge on any atom is 0.0928 e. The van der Waals surface area contributed by atoms with Crippen LogP contribution in [0.5, 0.6) is 0 Å². The number of hydrogen-bond donors (Lipinski definition) is 0. The zero-order valence-electron chi connectivity index (χ0n) is 20.7. The molecule has 0 aliphatic heterocycles. The Morgan fingerprint density at radius 3 is 1.10 bits per heavy atom. The third-order valence-corrected chi connectivity index (χ3v) is 9.12. The summed E-state index contributed by atoms with van der Waals surface area (Å²) in [6, 6.07) is 21.3. The SMILES string of the molecule is CC(c1ccc(Cl)cc1Cl)C(OC(c1c(Cl)cccc1Cl)C(C)c1ccc(Cl)cc1Cl)c1c(Cl)cccc1Cl. The first kappa shape index (κ1) is 31.1. The van der Waals surface area contributed by atoms with Gasteiger partial charge in [0.05, 0.1) is 12.2 Å². The van der Waals surface area contributed by atoms with Crippen molar-refractivity contribution in [1.82, 2.24) is 0 Å². The van der Waals surface area contributed by atoms with Gasteiger partial charge in [-0.05, 0) is 59.7 Å². The second-order valence-corrected chi connectivity index (χ2v) is 12.5. The van der Waals surface area contributed by atoms with E-state index in [4.69, 9.17) is 97.5 Å². The van der Waals surface area contributed by atoms with Crippen LogP contribution >= 0.6 is 92.8 Å². The van der Waals surface area contributed by atoms with Crippen LogP contribution in [0, 0.1) is 0 Å². The van der Waals surface area contributed by atoms with Crippen LogP contribution in [-0.2, 0) is 4.74 Å². The first-order valence-corrected chi connectivity index (χ1v) is 14.9. The molecule has 0 saturated carbocycles. The molecule has 39 heavy (non-hydrogen) atoms. The van der Waals surface area contributed by atoms with Gasteiger partial charge in [-0.15, -0.1) is 0 Å². The number of halogens is 8. The van der Waals surface area contributed by atoms with E-state index in [-0.39, 0.29) is 11.8 Å². The monoisotopic (exact) mass is 678 g/mol. The summed E-state index contributed by atoms with van der Waals surface area (Å²) in [5, 5.41) is 3.83. The summed E-state index contributed by atoms with van der Waals surface area (Å²) in [7, 11) is 0. The van der Waals surface area contributed by atoms with Gasteiger partial charge in [-0.3, -0.25) is 0 Å². The van der Waals surface area contributed by atoms with Gasteiger partial charge in [-0.1, -0.05) is 131 Å². The number of hydrogen-bond acceptors (Lipinski definition) is 1. The van der Waals surface area contributed by atoms with Gasteiger partial charge in [-0.25, -0.2) is 0 Å². The van der Waals surface area contributed by atoms with Gasteiger partial charge in [0, 0.05) is 63.1 Å². The van der Waals surface area contributed by atoms with Crippen molar-refractivity contribution in [3.63, 3.8) is 0 Å². The van der Waals surface area contributed by atoms with Gasteiger partial charge in [0.15, 0.2) is 0 Å². The van der Waals surface area contributed by atoms with E-state index in [1.165, 1.54) is 0 Å². The molecule has 0 N–H and O–H groups in total. The van der Waals surface area contributed by atoms with Crippen molar-refractivity contribution in [2.75, 3.05) is 0 Å². The molecule has 0 heterocycles. The fourth-order valence-electron chi connectivity index (χ4n) is 4.66. The Balaban J connectivity index is 1.92.